The van der Waals surface area contributed by atoms with Gasteiger partial charge in [0.05, 0.1) is 19.8 Å². The third-order valence-electron chi connectivity index (χ3n) is 3.60. The molecule has 0 radical (unpaired) electrons. The minimum absolute atomic E-state index is 0.234. The zero-order valence-electron chi connectivity index (χ0n) is 15.7. The molecule has 0 heterocycles. The van der Waals surface area contributed by atoms with Crippen LogP contribution in [0.1, 0.15) is 15.9 Å². The van der Waals surface area contributed by atoms with E-state index in [1.807, 2.05) is 10.9 Å². The summed E-state index contributed by atoms with van der Waals surface area (Å²) < 4.78 is 28.5. The van der Waals surface area contributed by atoms with Gasteiger partial charge in [-0.3, -0.25) is 20.4 Å². The summed E-state index contributed by atoms with van der Waals surface area (Å²) in [6, 6.07) is 10.3. The van der Waals surface area contributed by atoms with Crippen LogP contribution in [0, 0.1) is 5.82 Å². The van der Waals surface area contributed by atoms with E-state index in [-0.39, 0.29) is 5.56 Å². The van der Waals surface area contributed by atoms with Crippen LogP contribution < -0.4 is 20.3 Å². The van der Waals surface area contributed by atoms with E-state index >= 15 is 0 Å². The Morgan fingerprint density at radius 3 is 2.41 bits per heavy atom. The Bertz CT molecular complexity index is 929. The molecule has 0 saturated heterocycles. The van der Waals surface area contributed by atoms with Gasteiger partial charge in [0.25, 0.3) is 11.8 Å². The lowest BCUT2D eigenvalue weighted by atomic mass is 10.2. The van der Waals surface area contributed by atoms with Gasteiger partial charge in [-0.1, -0.05) is 18.2 Å². The number of benzene rings is 2. The van der Waals surface area contributed by atoms with Crippen molar-refractivity contribution < 1.29 is 33.0 Å². The molecule has 0 atom stereocenters. The number of methoxy groups -OCH3 is 2. The Balaban J connectivity index is 1.80. The first kappa shape index (κ1) is 21.4. The maximum absolute atomic E-state index is 13.5. The maximum atomic E-state index is 13.5. The van der Waals surface area contributed by atoms with Gasteiger partial charge in [-0.25, -0.2) is 9.18 Å². The van der Waals surface area contributed by atoms with Crippen molar-refractivity contribution in [3.63, 3.8) is 0 Å². The van der Waals surface area contributed by atoms with E-state index in [2.05, 4.69) is 0 Å². The predicted molar refractivity (Wildman–Crippen MR) is 102 cm³/mol. The minimum atomic E-state index is -0.837. The third kappa shape index (κ3) is 6.35. The smallest absolute Gasteiger partial charge is 0.331 e. The van der Waals surface area contributed by atoms with E-state index in [1.165, 1.54) is 38.5 Å². The molecule has 0 aromatic heterocycles. The van der Waals surface area contributed by atoms with Gasteiger partial charge in [-0.15, -0.1) is 0 Å². The molecule has 0 saturated carbocycles. The molecule has 0 unspecified atom stereocenters. The highest BCUT2D eigenvalue weighted by molar-refractivity contribution is 5.96. The number of halogens is 1. The number of hydrogen-bond acceptors (Lipinski definition) is 6. The fraction of sp³-hybridized carbons (Fsp3) is 0.150. The molecule has 29 heavy (non-hydrogen) atoms. The van der Waals surface area contributed by atoms with Crippen LogP contribution in [-0.2, 0) is 14.3 Å². The van der Waals surface area contributed by atoms with Crippen LogP contribution >= 0.6 is 0 Å². The zero-order chi connectivity index (χ0) is 21.2. The highest BCUT2D eigenvalue weighted by atomic mass is 19.1. The highest BCUT2D eigenvalue weighted by Crippen LogP contribution is 2.27. The molecule has 0 spiro atoms. The first-order valence-electron chi connectivity index (χ1n) is 8.35. The average Bonchev–Trinajstić information content (AvgIpc) is 2.74. The Kier molecular flexibility index (Phi) is 7.72. The molecule has 0 aliphatic carbocycles. The van der Waals surface area contributed by atoms with Gasteiger partial charge in [-0.2, -0.15) is 0 Å². The minimum Gasteiger partial charge on any atom is -0.493 e. The van der Waals surface area contributed by atoms with Crippen molar-refractivity contribution in [2.75, 3.05) is 20.8 Å². The summed E-state index contributed by atoms with van der Waals surface area (Å²) >= 11 is 0. The molecule has 2 N–H and O–H groups in total. The van der Waals surface area contributed by atoms with Gasteiger partial charge in [0.1, 0.15) is 5.82 Å². The second-order valence-corrected chi connectivity index (χ2v) is 5.54. The normalized spacial score (nSPS) is 10.3. The Morgan fingerprint density at radius 2 is 1.72 bits per heavy atom. The lowest BCUT2D eigenvalue weighted by Crippen LogP contribution is -2.43. The molecule has 9 heteroatoms. The second kappa shape index (κ2) is 10.5. The van der Waals surface area contributed by atoms with Crippen molar-refractivity contribution in [1.29, 1.82) is 0 Å². The van der Waals surface area contributed by atoms with E-state index < -0.39 is 30.2 Å². The number of rotatable bonds is 7. The van der Waals surface area contributed by atoms with Gasteiger partial charge in [0, 0.05) is 6.08 Å². The number of ether oxygens (including phenoxy) is 3. The number of amides is 2. The summed E-state index contributed by atoms with van der Waals surface area (Å²) in [5.74, 6) is -2.09. The summed E-state index contributed by atoms with van der Waals surface area (Å²) in [7, 11) is 3.00. The summed E-state index contributed by atoms with van der Waals surface area (Å²) in [6.07, 6.45) is 2.61. The second-order valence-electron chi connectivity index (χ2n) is 5.54. The van der Waals surface area contributed by atoms with Gasteiger partial charge < -0.3 is 14.2 Å². The molecule has 2 rings (SSSR count). The maximum Gasteiger partial charge on any atom is 0.331 e. The molecule has 0 aliphatic heterocycles. The van der Waals surface area contributed by atoms with Crippen LogP contribution in [0.4, 0.5) is 4.39 Å². The van der Waals surface area contributed by atoms with Crippen molar-refractivity contribution in [1.82, 2.24) is 10.9 Å². The van der Waals surface area contributed by atoms with E-state index in [0.29, 0.717) is 17.1 Å². The van der Waals surface area contributed by atoms with Crippen molar-refractivity contribution in [3.8, 4) is 11.5 Å². The fourth-order valence-electron chi connectivity index (χ4n) is 2.18. The van der Waals surface area contributed by atoms with Crippen LogP contribution in [0.15, 0.2) is 48.5 Å². The summed E-state index contributed by atoms with van der Waals surface area (Å²) in [5, 5.41) is 0. The van der Waals surface area contributed by atoms with E-state index in [4.69, 9.17) is 14.2 Å². The van der Waals surface area contributed by atoms with E-state index in [1.54, 1.807) is 18.2 Å². The third-order valence-corrected chi connectivity index (χ3v) is 3.60. The number of carbonyl (C=O) groups is 3. The van der Waals surface area contributed by atoms with Gasteiger partial charge in [0.15, 0.2) is 18.1 Å². The first-order chi connectivity index (χ1) is 13.9. The number of hydrogen-bond donors (Lipinski definition) is 2. The quantitative estimate of drug-likeness (QED) is 0.416. The largest absolute Gasteiger partial charge is 0.493 e. The van der Waals surface area contributed by atoms with Gasteiger partial charge >= 0.3 is 5.97 Å². The molecule has 8 nitrogen and oxygen atoms in total. The zero-order valence-corrected chi connectivity index (χ0v) is 15.7. The molecular formula is C20H19FN2O6. The van der Waals surface area contributed by atoms with Gasteiger partial charge in [0.2, 0.25) is 0 Å². The lowest BCUT2D eigenvalue weighted by molar-refractivity contribution is -0.144. The molecule has 0 bridgehead atoms. The van der Waals surface area contributed by atoms with Crippen LogP contribution in [0.3, 0.4) is 0 Å². The van der Waals surface area contributed by atoms with Crippen molar-refractivity contribution in [2.24, 2.45) is 0 Å². The Morgan fingerprint density at radius 1 is 1.00 bits per heavy atom. The molecular weight excluding hydrogens is 383 g/mol. The summed E-state index contributed by atoms with van der Waals surface area (Å²) in [4.78, 5) is 35.1. The Labute approximate surface area is 166 Å². The molecule has 2 amide bonds. The van der Waals surface area contributed by atoms with Crippen LogP contribution in [0.5, 0.6) is 11.5 Å². The molecule has 152 valence electrons. The number of carbonyl (C=O) groups excluding carboxylic acids is 3. The molecule has 0 aliphatic rings. The monoisotopic (exact) mass is 402 g/mol. The van der Waals surface area contributed by atoms with Gasteiger partial charge in [-0.05, 0) is 35.9 Å². The highest BCUT2D eigenvalue weighted by Gasteiger charge is 2.12. The lowest BCUT2D eigenvalue weighted by Gasteiger charge is -2.08. The fourth-order valence-corrected chi connectivity index (χ4v) is 2.18. The number of nitrogens with one attached hydrogen (secondary N) is 2. The SMILES string of the molecule is COc1ccc(/C=C/C(=O)OCC(=O)NNC(=O)c2ccccc2F)cc1OC. The number of hydrazine groups is 1. The van der Waals surface area contributed by atoms with Crippen molar-refractivity contribution in [3.05, 3.63) is 65.5 Å². The summed E-state index contributed by atoms with van der Waals surface area (Å²) in [6.45, 7) is -0.632. The van der Waals surface area contributed by atoms with Crippen molar-refractivity contribution in [2.45, 2.75) is 0 Å². The van der Waals surface area contributed by atoms with Crippen LogP contribution in [0.2, 0.25) is 0 Å². The van der Waals surface area contributed by atoms with Crippen molar-refractivity contribution >= 4 is 23.9 Å². The topological polar surface area (TPSA) is 103 Å². The van der Waals surface area contributed by atoms with E-state index in [0.717, 1.165) is 12.1 Å². The molecule has 2 aromatic carbocycles. The van der Waals surface area contributed by atoms with Crippen LogP contribution in [-0.4, -0.2) is 38.6 Å². The van der Waals surface area contributed by atoms with Crippen LogP contribution in [0.25, 0.3) is 6.08 Å². The standard InChI is InChI=1S/C20H19FN2O6/c1-27-16-9-7-13(11-17(16)28-2)8-10-19(25)29-12-18(24)22-23-20(26)14-5-3-4-6-15(14)21/h3-11H,12H2,1-2H3,(H,22,24)(H,23,26)/b10-8+. The summed E-state index contributed by atoms with van der Waals surface area (Å²) in [5.41, 5.74) is 4.48. The Hall–Kier alpha value is -3.88. The van der Waals surface area contributed by atoms with E-state index in [9.17, 15) is 18.8 Å². The molecule has 0 fully saturated rings. The number of esters is 1. The first-order valence-corrected chi connectivity index (χ1v) is 8.35. The average molecular weight is 402 g/mol. The molecule has 2 aromatic rings. The predicted octanol–water partition coefficient (Wildman–Crippen LogP) is 1.86.